The highest BCUT2D eigenvalue weighted by atomic mass is 16.5. The van der Waals surface area contributed by atoms with E-state index in [-0.39, 0.29) is 12.8 Å². The summed E-state index contributed by atoms with van der Waals surface area (Å²) in [6.45, 7) is 3.48. The number of methoxy groups -OCH3 is 1. The third-order valence-electron chi connectivity index (χ3n) is 2.09. The Balaban J connectivity index is 4.32. The lowest BCUT2D eigenvalue weighted by atomic mass is 10.0. The molecule has 16 heavy (non-hydrogen) atoms. The molecule has 0 aliphatic rings. The average molecular weight is 227 g/mol. The molecule has 2 N–H and O–H groups in total. The predicted octanol–water partition coefficient (Wildman–Crippen LogP) is 0.394. The molecule has 0 aromatic carbocycles. The first-order valence-electron chi connectivity index (χ1n) is 4.83. The summed E-state index contributed by atoms with van der Waals surface area (Å²) in [5.41, 5.74) is -0.622. The average Bonchev–Trinajstić information content (AvgIpc) is 2.16. The molecule has 1 unspecified atom stereocenters. The summed E-state index contributed by atoms with van der Waals surface area (Å²) in [5.74, 6) is 0.673. The fraction of sp³-hybridized carbons (Fsp3) is 0.636. The van der Waals surface area contributed by atoms with Crippen molar-refractivity contribution >= 4 is 11.9 Å². The molecule has 0 spiro atoms. The highest BCUT2D eigenvalue weighted by Gasteiger charge is 2.24. The molecular formula is C11H17NO4. The molecule has 0 rings (SSSR count). The predicted molar refractivity (Wildman–Crippen MR) is 58.7 cm³/mol. The van der Waals surface area contributed by atoms with Crippen molar-refractivity contribution in [3.63, 3.8) is 0 Å². The van der Waals surface area contributed by atoms with E-state index in [9.17, 15) is 9.59 Å². The lowest BCUT2D eigenvalue weighted by Gasteiger charge is -2.23. The van der Waals surface area contributed by atoms with Crippen molar-refractivity contribution in [1.29, 1.82) is 0 Å². The van der Waals surface area contributed by atoms with Crippen LogP contribution in [0.3, 0.4) is 0 Å². The van der Waals surface area contributed by atoms with Crippen molar-refractivity contribution < 1.29 is 19.4 Å². The van der Waals surface area contributed by atoms with E-state index >= 15 is 0 Å². The Morgan fingerprint density at radius 2 is 2.12 bits per heavy atom. The number of carboxylic acid groups (broad SMARTS) is 1. The van der Waals surface area contributed by atoms with Crippen LogP contribution in [0, 0.1) is 12.3 Å². The zero-order valence-electron chi connectivity index (χ0n) is 9.74. The normalized spacial score (nSPS) is 12.6. The molecule has 0 aliphatic heterocycles. The van der Waals surface area contributed by atoms with Crippen LogP contribution >= 0.6 is 0 Å². The lowest BCUT2D eigenvalue weighted by Crippen LogP contribution is -2.43. The minimum absolute atomic E-state index is 0.0332. The van der Waals surface area contributed by atoms with Gasteiger partial charge in [-0.3, -0.25) is 4.79 Å². The number of aliphatic carboxylic acids is 1. The smallest absolute Gasteiger partial charge is 0.327 e. The molecular weight excluding hydrogens is 210 g/mol. The SMILES string of the molecule is C#CCC(NC(=O)CC(C)(C)OC)C(=O)O. The number of nitrogens with one attached hydrogen (secondary N) is 1. The lowest BCUT2D eigenvalue weighted by molar-refractivity contribution is -0.142. The van der Waals surface area contributed by atoms with E-state index in [2.05, 4.69) is 11.2 Å². The van der Waals surface area contributed by atoms with Crippen LogP contribution in [0.2, 0.25) is 0 Å². The molecule has 0 saturated carbocycles. The monoisotopic (exact) mass is 227 g/mol. The van der Waals surface area contributed by atoms with E-state index in [1.807, 2.05) is 0 Å². The summed E-state index contributed by atoms with van der Waals surface area (Å²) in [6.07, 6.45) is 5.05. The molecule has 1 atom stereocenters. The van der Waals surface area contributed by atoms with E-state index in [0.29, 0.717) is 0 Å². The number of ether oxygens (including phenoxy) is 1. The Bertz CT molecular complexity index is 304. The zero-order chi connectivity index (χ0) is 12.8. The number of carbonyl (C=O) groups excluding carboxylic acids is 1. The van der Waals surface area contributed by atoms with Crippen molar-refractivity contribution in [2.24, 2.45) is 0 Å². The maximum atomic E-state index is 11.5. The summed E-state index contributed by atoms with van der Waals surface area (Å²) in [4.78, 5) is 22.2. The maximum Gasteiger partial charge on any atom is 0.327 e. The van der Waals surface area contributed by atoms with Gasteiger partial charge in [0, 0.05) is 13.5 Å². The van der Waals surface area contributed by atoms with E-state index in [4.69, 9.17) is 16.3 Å². The maximum absolute atomic E-state index is 11.5. The highest BCUT2D eigenvalue weighted by molar-refractivity contribution is 5.84. The molecule has 90 valence electrons. The summed E-state index contributed by atoms with van der Waals surface area (Å²) < 4.78 is 5.06. The molecule has 0 saturated heterocycles. The molecule has 1 amide bonds. The fourth-order valence-electron chi connectivity index (χ4n) is 1.02. The minimum atomic E-state index is -1.14. The number of carbonyl (C=O) groups is 2. The summed E-state index contributed by atoms with van der Waals surface area (Å²) in [7, 11) is 1.49. The third kappa shape index (κ3) is 5.37. The Morgan fingerprint density at radius 3 is 2.50 bits per heavy atom. The van der Waals surface area contributed by atoms with Gasteiger partial charge in [0.05, 0.1) is 12.0 Å². The Labute approximate surface area is 95.2 Å². The molecule has 0 fully saturated rings. The highest BCUT2D eigenvalue weighted by Crippen LogP contribution is 2.12. The Kier molecular flexibility index (Phi) is 5.54. The van der Waals surface area contributed by atoms with Crippen molar-refractivity contribution in [1.82, 2.24) is 5.32 Å². The Hall–Kier alpha value is -1.54. The molecule has 0 heterocycles. The van der Waals surface area contributed by atoms with E-state index < -0.39 is 23.5 Å². The van der Waals surface area contributed by atoms with E-state index in [1.54, 1.807) is 13.8 Å². The zero-order valence-corrected chi connectivity index (χ0v) is 9.74. The van der Waals surface area contributed by atoms with E-state index in [0.717, 1.165) is 0 Å². The number of carboxylic acids is 1. The molecule has 0 radical (unpaired) electrons. The number of hydrogen-bond donors (Lipinski definition) is 2. The largest absolute Gasteiger partial charge is 0.480 e. The Morgan fingerprint density at radius 1 is 1.56 bits per heavy atom. The van der Waals surface area contributed by atoms with Crippen molar-refractivity contribution in [2.75, 3.05) is 7.11 Å². The summed E-state index contributed by atoms with van der Waals surface area (Å²) in [6, 6.07) is -1.04. The fourth-order valence-corrected chi connectivity index (χ4v) is 1.02. The van der Waals surface area contributed by atoms with Crippen LogP contribution in [-0.4, -0.2) is 35.7 Å². The molecule has 0 aromatic rings. The summed E-state index contributed by atoms with van der Waals surface area (Å²) in [5, 5.41) is 11.1. The second-order valence-electron chi connectivity index (χ2n) is 4.01. The van der Waals surface area contributed by atoms with Gasteiger partial charge in [0.2, 0.25) is 5.91 Å². The van der Waals surface area contributed by atoms with Crippen LogP contribution in [0.4, 0.5) is 0 Å². The van der Waals surface area contributed by atoms with Gasteiger partial charge in [-0.15, -0.1) is 12.3 Å². The van der Waals surface area contributed by atoms with Crippen LogP contribution in [-0.2, 0) is 14.3 Å². The van der Waals surface area contributed by atoms with E-state index in [1.165, 1.54) is 7.11 Å². The third-order valence-corrected chi connectivity index (χ3v) is 2.09. The first kappa shape index (κ1) is 14.5. The topological polar surface area (TPSA) is 75.6 Å². The first-order valence-corrected chi connectivity index (χ1v) is 4.83. The van der Waals surface area contributed by atoms with Gasteiger partial charge >= 0.3 is 5.97 Å². The number of hydrogen-bond acceptors (Lipinski definition) is 3. The van der Waals surface area contributed by atoms with Crippen LogP contribution in [0.5, 0.6) is 0 Å². The quantitative estimate of drug-likeness (QED) is 0.644. The van der Waals surface area contributed by atoms with Gasteiger partial charge in [-0.25, -0.2) is 4.79 Å². The van der Waals surface area contributed by atoms with Crippen molar-refractivity contribution in [2.45, 2.75) is 38.3 Å². The minimum Gasteiger partial charge on any atom is -0.480 e. The molecule has 5 heteroatoms. The van der Waals surface area contributed by atoms with Crippen molar-refractivity contribution in [3.8, 4) is 12.3 Å². The van der Waals surface area contributed by atoms with Gasteiger partial charge in [0.15, 0.2) is 0 Å². The first-order chi connectivity index (χ1) is 7.32. The summed E-state index contributed by atoms with van der Waals surface area (Å²) >= 11 is 0. The molecule has 0 aromatic heterocycles. The van der Waals surface area contributed by atoms with Crippen LogP contribution in [0.25, 0.3) is 0 Å². The second kappa shape index (κ2) is 6.13. The number of amides is 1. The number of terminal acetylenes is 1. The van der Waals surface area contributed by atoms with Gasteiger partial charge in [0.1, 0.15) is 6.04 Å². The molecule has 0 aliphatic carbocycles. The number of rotatable bonds is 6. The van der Waals surface area contributed by atoms with Crippen molar-refractivity contribution in [3.05, 3.63) is 0 Å². The van der Waals surface area contributed by atoms with Gasteiger partial charge in [0.25, 0.3) is 0 Å². The molecule has 0 bridgehead atoms. The standard InChI is InChI=1S/C11H17NO4/c1-5-6-8(10(14)15)12-9(13)7-11(2,3)16-4/h1,8H,6-7H2,2-4H3,(H,12,13)(H,14,15). The van der Waals surface area contributed by atoms with Crippen LogP contribution in [0.15, 0.2) is 0 Å². The van der Waals surface area contributed by atoms with Gasteiger partial charge < -0.3 is 15.2 Å². The van der Waals surface area contributed by atoms with Gasteiger partial charge in [-0.05, 0) is 13.8 Å². The second-order valence-corrected chi connectivity index (χ2v) is 4.01. The van der Waals surface area contributed by atoms with Crippen LogP contribution < -0.4 is 5.32 Å². The van der Waals surface area contributed by atoms with Gasteiger partial charge in [-0.1, -0.05) is 0 Å². The van der Waals surface area contributed by atoms with Crippen LogP contribution in [0.1, 0.15) is 26.7 Å². The van der Waals surface area contributed by atoms with Gasteiger partial charge in [-0.2, -0.15) is 0 Å². The molecule has 5 nitrogen and oxygen atoms in total.